The second-order valence-electron chi connectivity index (χ2n) is 2.70. The topological polar surface area (TPSA) is 66.8 Å². The molecule has 1 aromatic rings. The van der Waals surface area contributed by atoms with Crippen molar-refractivity contribution in [3.05, 3.63) is 27.7 Å². The van der Waals surface area contributed by atoms with Gasteiger partial charge < -0.3 is 14.9 Å². The van der Waals surface area contributed by atoms with Crippen molar-refractivity contribution in [3.63, 3.8) is 0 Å². The van der Waals surface area contributed by atoms with Gasteiger partial charge in [-0.3, -0.25) is 0 Å². The summed E-state index contributed by atoms with van der Waals surface area (Å²) in [6, 6.07) is 2.73. The summed E-state index contributed by atoms with van der Waals surface area (Å²) in [5.41, 5.74) is 0.576. The Kier molecular flexibility index (Phi) is 3.49. The zero-order chi connectivity index (χ0) is 10.7. The number of aromatic hydroxyl groups is 1. The fourth-order valence-corrected chi connectivity index (χ4v) is 1.50. The zero-order valence-corrected chi connectivity index (χ0v) is 9.04. The fraction of sp³-hybridized carbons (Fsp3) is 0.222. The smallest absolute Gasteiger partial charge is 0.339 e. The van der Waals surface area contributed by atoms with Gasteiger partial charge in [0.2, 0.25) is 0 Å². The van der Waals surface area contributed by atoms with Crippen LogP contribution in [0.3, 0.4) is 0 Å². The van der Waals surface area contributed by atoms with E-state index < -0.39 is 5.97 Å². The Morgan fingerprint density at radius 2 is 2.21 bits per heavy atom. The highest BCUT2D eigenvalue weighted by atomic mass is 79.9. The van der Waals surface area contributed by atoms with Crippen LogP contribution in [0.2, 0.25) is 0 Å². The third kappa shape index (κ3) is 2.24. The lowest BCUT2D eigenvalue weighted by Crippen LogP contribution is -1.99. The van der Waals surface area contributed by atoms with Crippen LogP contribution in [0.1, 0.15) is 15.9 Å². The number of hydrogen-bond acceptors (Lipinski definition) is 3. The van der Waals surface area contributed by atoms with Gasteiger partial charge in [-0.25, -0.2) is 4.79 Å². The van der Waals surface area contributed by atoms with Crippen LogP contribution in [0.15, 0.2) is 16.6 Å². The number of carboxylic acids is 1. The van der Waals surface area contributed by atoms with Crippen LogP contribution in [-0.2, 0) is 11.3 Å². The molecule has 0 aliphatic carbocycles. The molecule has 4 nitrogen and oxygen atoms in total. The van der Waals surface area contributed by atoms with E-state index in [0.717, 1.165) is 0 Å². The third-order valence-electron chi connectivity index (χ3n) is 1.69. The Bertz CT molecular complexity index is 362. The zero-order valence-electron chi connectivity index (χ0n) is 7.45. The lowest BCUT2D eigenvalue weighted by Gasteiger charge is -2.06. The maximum absolute atomic E-state index is 10.6. The van der Waals surface area contributed by atoms with E-state index in [-0.39, 0.29) is 11.3 Å². The van der Waals surface area contributed by atoms with Crippen LogP contribution in [0.4, 0.5) is 0 Å². The first kappa shape index (κ1) is 11.0. The van der Waals surface area contributed by atoms with Crippen molar-refractivity contribution in [3.8, 4) is 5.75 Å². The first-order valence-electron chi connectivity index (χ1n) is 3.80. The molecule has 0 amide bonds. The van der Waals surface area contributed by atoms with Crippen LogP contribution in [-0.4, -0.2) is 23.3 Å². The number of ether oxygens (including phenoxy) is 1. The summed E-state index contributed by atoms with van der Waals surface area (Å²) in [5, 5.41) is 18.1. The number of carboxylic acid groups (broad SMARTS) is 1. The fourth-order valence-electron chi connectivity index (χ4n) is 1.04. The molecule has 76 valence electrons. The van der Waals surface area contributed by atoms with Crippen molar-refractivity contribution in [2.24, 2.45) is 0 Å². The van der Waals surface area contributed by atoms with E-state index in [1.807, 2.05) is 0 Å². The Hall–Kier alpha value is -1.07. The Morgan fingerprint density at radius 3 is 2.71 bits per heavy atom. The van der Waals surface area contributed by atoms with Gasteiger partial charge in [0, 0.05) is 11.6 Å². The Balaban J connectivity index is 3.17. The molecule has 0 aromatic heterocycles. The molecule has 0 saturated carbocycles. The molecule has 0 heterocycles. The highest BCUT2D eigenvalue weighted by Gasteiger charge is 2.12. The molecule has 2 N–H and O–H groups in total. The average molecular weight is 261 g/mol. The van der Waals surface area contributed by atoms with E-state index in [1.165, 1.54) is 19.2 Å². The molecular formula is C9H9BrO4. The number of benzene rings is 1. The normalized spacial score (nSPS) is 10.1. The molecule has 0 fully saturated rings. The third-order valence-corrected chi connectivity index (χ3v) is 2.43. The first-order chi connectivity index (χ1) is 6.56. The SMILES string of the molecule is COCc1cc(O)c(C(=O)O)cc1Br. The molecule has 0 saturated heterocycles. The van der Waals surface area contributed by atoms with E-state index in [0.29, 0.717) is 16.6 Å². The van der Waals surface area contributed by atoms with Gasteiger partial charge in [0.1, 0.15) is 11.3 Å². The summed E-state index contributed by atoms with van der Waals surface area (Å²) in [7, 11) is 1.52. The monoisotopic (exact) mass is 260 g/mol. The van der Waals surface area contributed by atoms with Crippen LogP contribution < -0.4 is 0 Å². The van der Waals surface area contributed by atoms with Crippen LogP contribution in [0, 0.1) is 0 Å². The summed E-state index contributed by atoms with van der Waals surface area (Å²) in [4.78, 5) is 10.6. The predicted molar refractivity (Wildman–Crippen MR) is 53.5 cm³/mol. The summed E-state index contributed by atoms with van der Waals surface area (Å²) < 4.78 is 5.48. The summed E-state index contributed by atoms with van der Waals surface area (Å²) in [5.74, 6) is -1.42. The van der Waals surface area contributed by atoms with Gasteiger partial charge in [-0.15, -0.1) is 0 Å². The lowest BCUT2D eigenvalue weighted by atomic mass is 10.1. The number of methoxy groups -OCH3 is 1. The molecule has 1 aromatic carbocycles. The van der Waals surface area contributed by atoms with E-state index in [1.54, 1.807) is 0 Å². The molecule has 0 atom stereocenters. The van der Waals surface area contributed by atoms with E-state index in [4.69, 9.17) is 9.84 Å². The summed E-state index contributed by atoms with van der Waals surface area (Å²) in [6.45, 7) is 0.314. The number of aromatic carboxylic acids is 1. The maximum atomic E-state index is 10.6. The first-order valence-corrected chi connectivity index (χ1v) is 4.59. The second-order valence-corrected chi connectivity index (χ2v) is 3.55. The lowest BCUT2D eigenvalue weighted by molar-refractivity contribution is 0.0693. The number of carbonyl (C=O) groups is 1. The predicted octanol–water partition coefficient (Wildman–Crippen LogP) is 2.00. The molecule has 0 aliphatic rings. The van der Waals surface area contributed by atoms with Gasteiger partial charge in [0.05, 0.1) is 6.61 Å². The highest BCUT2D eigenvalue weighted by molar-refractivity contribution is 9.10. The van der Waals surface area contributed by atoms with E-state index in [2.05, 4.69) is 15.9 Å². The van der Waals surface area contributed by atoms with Crippen molar-refractivity contribution in [2.75, 3.05) is 7.11 Å². The molecular weight excluding hydrogens is 252 g/mol. The van der Waals surface area contributed by atoms with Gasteiger partial charge in [-0.1, -0.05) is 15.9 Å². The molecule has 5 heteroatoms. The molecule has 0 unspecified atom stereocenters. The van der Waals surface area contributed by atoms with Crippen LogP contribution in [0.5, 0.6) is 5.75 Å². The second kappa shape index (κ2) is 4.43. The molecule has 1 rings (SSSR count). The minimum atomic E-state index is -1.16. The van der Waals surface area contributed by atoms with Crippen LogP contribution >= 0.6 is 15.9 Å². The average Bonchev–Trinajstić information content (AvgIpc) is 2.10. The highest BCUT2D eigenvalue weighted by Crippen LogP contribution is 2.27. The molecule has 0 radical (unpaired) electrons. The Labute approximate surface area is 89.3 Å². The number of hydrogen-bond donors (Lipinski definition) is 2. The quantitative estimate of drug-likeness (QED) is 0.873. The van der Waals surface area contributed by atoms with Gasteiger partial charge in [0.25, 0.3) is 0 Å². The summed E-state index contributed by atoms with van der Waals surface area (Å²) in [6.07, 6.45) is 0. The van der Waals surface area contributed by atoms with Crippen molar-refractivity contribution in [1.29, 1.82) is 0 Å². The largest absolute Gasteiger partial charge is 0.507 e. The van der Waals surface area contributed by atoms with Gasteiger partial charge in [0.15, 0.2) is 0 Å². The minimum absolute atomic E-state index is 0.128. The molecule has 14 heavy (non-hydrogen) atoms. The molecule has 0 spiro atoms. The van der Waals surface area contributed by atoms with E-state index >= 15 is 0 Å². The van der Waals surface area contributed by atoms with Gasteiger partial charge in [-0.2, -0.15) is 0 Å². The number of halogens is 1. The van der Waals surface area contributed by atoms with Crippen molar-refractivity contribution in [1.82, 2.24) is 0 Å². The molecule has 0 bridgehead atoms. The Morgan fingerprint density at radius 1 is 1.57 bits per heavy atom. The van der Waals surface area contributed by atoms with Gasteiger partial charge in [-0.05, 0) is 17.7 Å². The maximum Gasteiger partial charge on any atom is 0.339 e. The van der Waals surface area contributed by atoms with Crippen molar-refractivity contribution in [2.45, 2.75) is 6.61 Å². The standard InChI is InChI=1S/C9H9BrO4/c1-14-4-5-2-8(11)6(9(12)13)3-7(5)10/h2-3,11H,4H2,1H3,(H,12,13). The van der Waals surface area contributed by atoms with E-state index in [9.17, 15) is 9.90 Å². The number of rotatable bonds is 3. The van der Waals surface area contributed by atoms with Crippen LogP contribution in [0.25, 0.3) is 0 Å². The number of phenols is 1. The van der Waals surface area contributed by atoms with Crippen molar-refractivity contribution < 1.29 is 19.7 Å². The minimum Gasteiger partial charge on any atom is -0.507 e. The van der Waals surface area contributed by atoms with Crippen molar-refractivity contribution >= 4 is 21.9 Å². The van der Waals surface area contributed by atoms with Gasteiger partial charge >= 0.3 is 5.97 Å². The molecule has 0 aliphatic heterocycles. The summed E-state index contributed by atoms with van der Waals surface area (Å²) >= 11 is 3.20.